The second kappa shape index (κ2) is 4.08. The van der Waals surface area contributed by atoms with Crippen LogP contribution in [0, 0.1) is 5.92 Å². The van der Waals surface area contributed by atoms with Crippen LogP contribution in [0.15, 0.2) is 12.1 Å². The van der Waals surface area contributed by atoms with E-state index < -0.39 is 0 Å². The van der Waals surface area contributed by atoms with E-state index in [1.807, 2.05) is 0 Å². The Labute approximate surface area is 97.5 Å². The van der Waals surface area contributed by atoms with Gasteiger partial charge in [-0.2, -0.15) is 0 Å². The fraction of sp³-hybridized carbons (Fsp3) is 0.643. The molecule has 0 spiro atoms. The molecular weight excluding hydrogens is 196 g/mol. The number of hydrogen-bond donors (Lipinski definition) is 1. The van der Waals surface area contributed by atoms with E-state index in [0.29, 0.717) is 6.04 Å². The zero-order valence-corrected chi connectivity index (χ0v) is 10.00. The van der Waals surface area contributed by atoms with Crippen LogP contribution in [0.5, 0.6) is 0 Å². The normalized spacial score (nSPS) is 21.3. The maximum absolute atomic E-state index is 4.72. The Kier molecular flexibility index (Phi) is 2.58. The summed E-state index contributed by atoms with van der Waals surface area (Å²) >= 11 is 0. The zero-order chi connectivity index (χ0) is 11.0. The molecule has 0 bridgehead atoms. The fourth-order valence-electron chi connectivity index (χ4n) is 2.79. The smallest absolute Gasteiger partial charge is 0.126 e. The molecule has 2 aliphatic rings. The average Bonchev–Trinajstić information content (AvgIpc) is 2.61. The van der Waals surface area contributed by atoms with Crippen LogP contribution in [0.2, 0.25) is 0 Å². The molecule has 2 nitrogen and oxygen atoms in total. The number of anilines is 1. The van der Waals surface area contributed by atoms with Gasteiger partial charge in [-0.25, -0.2) is 4.98 Å². The lowest BCUT2D eigenvalue weighted by Crippen LogP contribution is -2.31. The van der Waals surface area contributed by atoms with Crippen LogP contribution in [0.4, 0.5) is 5.82 Å². The summed E-state index contributed by atoms with van der Waals surface area (Å²) in [6.45, 7) is 2.29. The lowest BCUT2D eigenvalue weighted by atomic mass is 9.80. The van der Waals surface area contributed by atoms with E-state index in [0.717, 1.165) is 11.7 Å². The molecule has 1 aromatic rings. The standard InChI is InChI=1S/C14H20N2/c1-10(11-4-2-5-11)15-14-9-8-12-6-3-7-13(12)16-14/h8-11H,2-7H2,1H3,(H,15,16). The van der Waals surface area contributed by atoms with Crippen molar-refractivity contribution in [3.05, 3.63) is 23.4 Å². The van der Waals surface area contributed by atoms with Gasteiger partial charge in [-0.3, -0.25) is 0 Å². The van der Waals surface area contributed by atoms with Gasteiger partial charge in [-0.15, -0.1) is 0 Å². The minimum atomic E-state index is 0.584. The highest BCUT2D eigenvalue weighted by atomic mass is 15.0. The first-order valence-corrected chi connectivity index (χ1v) is 6.58. The summed E-state index contributed by atoms with van der Waals surface area (Å²) in [6.07, 6.45) is 7.86. The molecule has 0 aromatic carbocycles. The van der Waals surface area contributed by atoms with Crippen molar-refractivity contribution in [2.24, 2.45) is 5.92 Å². The molecule has 2 aliphatic carbocycles. The Balaban J connectivity index is 1.69. The molecule has 1 fully saturated rings. The predicted molar refractivity (Wildman–Crippen MR) is 66.7 cm³/mol. The molecule has 86 valence electrons. The number of aromatic nitrogens is 1. The molecule has 1 N–H and O–H groups in total. The number of rotatable bonds is 3. The molecule has 1 aromatic heterocycles. The van der Waals surface area contributed by atoms with Crippen LogP contribution in [0.3, 0.4) is 0 Å². The van der Waals surface area contributed by atoms with E-state index in [1.165, 1.54) is 49.8 Å². The van der Waals surface area contributed by atoms with Gasteiger partial charge in [0.15, 0.2) is 0 Å². The molecule has 2 heteroatoms. The molecule has 16 heavy (non-hydrogen) atoms. The lowest BCUT2D eigenvalue weighted by Gasteiger charge is -2.32. The maximum atomic E-state index is 4.72. The lowest BCUT2D eigenvalue weighted by molar-refractivity contribution is 0.285. The Hall–Kier alpha value is -1.05. The Morgan fingerprint density at radius 2 is 2.12 bits per heavy atom. The van der Waals surface area contributed by atoms with Crippen LogP contribution in [0.1, 0.15) is 43.9 Å². The fourth-order valence-corrected chi connectivity index (χ4v) is 2.79. The van der Waals surface area contributed by atoms with Crippen molar-refractivity contribution in [3.63, 3.8) is 0 Å². The number of pyridine rings is 1. The third-order valence-corrected chi connectivity index (χ3v) is 4.16. The number of hydrogen-bond acceptors (Lipinski definition) is 2. The molecule has 0 amide bonds. The van der Waals surface area contributed by atoms with E-state index in [4.69, 9.17) is 4.98 Å². The van der Waals surface area contributed by atoms with Gasteiger partial charge >= 0.3 is 0 Å². The number of nitrogens with one attached hydrogen (secondary N) is 1. The van der Waals surface area contributed by atoms with E-state index >= 15 is 0 Å². The van der Waals surface area contributed by atoms with Crippen molar-refractivity contribution in [3.8, 4) is 0 Å². The molecule has 0 radical (unpaired) electrons. The second-order valence-corrected chi connectivity index (χ2v) is 5.28. The summed E-state index contributed by atoms with van der Waals surface area (Å²) in [5.74, 6) is 1.95. The van der Waals surface area contributed by atoms with Crippen molar-refractivity contribution < 1.29 is 0 Å². The molecule has 3 rings (SSSR count). The van der Waals surface area contributed by atoms with Gasteiger partial charge in [0.2, 0.25) is 0 Å². The third-order valence-electron chi connectivity index (χ3n) is 4.16. The number of nitrogens with zero attached hydrogens (tertiary/aromatic N) is 1. The van der Waals surface area contributed by atoms with Crippen LogP contribution < -0.4 is 5.32 Å². The molecule has 1 saturated carbocycles. The molecule has 1 unspecified atom stereocenters. The molecule has 0 aliphatic heterocycles. The monoisotopic (exact) mass is 216 g/mol. The van der Waals surface area contributed by atoms with E-state index in [1.54, 1.807) is 0 Å². The average molecular weight is 216 g/mol. The summed E-state index contributed by atoms with van der Waals surface area (Å²) in [6, 6.07) is 4.99. The Morgan fingerprint density at radius 3 is 2.88 bits per heavy atom. The van der Waals surface area contributed by atoms with E-state index in [-0.39, 0.29) is 0 Å². The molecule has 1 heterocycles. The first-order chi connectivity index (χ1) is 7.83. The SMILES string of the molecule is CC(Nc1ccc2c(n1)CCC2)C1CCC1. The largest absolute Gasteiger partial charge is 0.367 e. The van der Waals surface area contributed by atoms with Crippen LogP contribution in [-0.2, 0) is 12.8 Å². The highest BCUT2D eigenvalue weighted by Crippen LogP contribution is 2.31. The van der Waals surface area contributed by atoms with E-state index in [2.05, 4.69) is 24.4 Å². The highest BCUT2D eigenvalue weighted by Gasteiger charge is 2.24. The van der Waals surface area contributed by atoms with E-state index in [9.17, 15) is 0 Å². The first-order valence-electron chi connectivity index (χ1n) is 6.58. The quantitative estimate of drug-likeness (QED) is 0.839. The number of fused-ring (bicyclic) bond motifs is 1. The van der Waals surface area contributed by atoms with Crippen molar-refractivity contribution in [2.75, 3.05) is 5.32 Å². The number of aryl methyl sites for hydroxylation is 2. The van der Waals surface area contributed by atoms with Crippen LogP contribution >= 0.6 is 0 Å². The van der Waals surface area contributed by atoms with Crippen molar-refractivity contribution in [1.82, 2.24) is 4.98 Å². The zero-order valence-electron chi connectivity index (χ0n) is 10.00. The van der Waals surface area contributed by atoms with Crippen molar-refractivity contribution in [1.29, 1.82) is 0 Å². The van der Waals surface area contributed by atoms with Gasteiger partial charge < -0.3 is 5.32 Å². The van der Waals surface area contributed by atoms with Crippen molar-refractivity contribution >= 4 is 5.82 Å². The first kappa shape index (κ1) is 10.1. The van der Waals surface area contributed by atoms with Crippen molar-refractivity contribution in [2.45, 2.75) is 51.5 Å². The topological polar surface area (TPSA) is 24.9 Å². The minimum absolute atomic E-state index is 0.584. The Bertz CT molecular complexity index is 382. The summed E-state index contributed by atoms with van der Waals surface area (Å²) in [5, 5.41) is 3.56. The van der Waals surface area contributed by atoms with Gasteiger partial charge in [0.25, 0.3) is 0 Å². The molecule has 0 saturated heterocycles. The molecular formula is C14H20N2. The van der Waals surface area contributed by atoms with Gasteiger partial charge in [-0.1, -0.05) is 12.5 Å². The predicted octanol–water partition coefficient (Wildman–Crippen LogP) is 3.17. The Morgan fingerprint density at radius 1 is 1.25 bits per heavy atom. The summed E-state index contributed by atoms with van der Waals surface area (Å²) in [7, 11) is 0. The van der Waals surface area contributed by atoms with Gasteiger partial charge in [0.05, 0.1) is 0 Å². The third kappa shape index (κ3) is 1.81. The maximum Gasteiger partial charge on any atom is 0.126 e. The highest BCUT2D eigenvalue weighted by molar-refractivity contribution is 5.41. The minimum Gasteiger partial charge on any atom is -0.367 e. The summed E-state index contributed by atoms with van der Waals surface area (Å²) < 4.78 is 0. The summed E-state index contributed by atoms with van der Waals surface area (Å²) in [4.78, 5) is 4.72. The molecule has 1 atom stereocenters. The van der Waals surface area contributed by atoms with Crippen LogP contribution in [0.25, 0.3) is 0 Å². The summed E-state index contributed by atoms with van der Waals surface area (Å²) in [5.41, 5.74) is 2.78. The van der Waals surface area contributed by atoms with Gasteiger partial charge in [-0.05, 0) is 56.6 Å². The van der Waals surface area contributed by atoms with Crippen LogP contribution in [-0.4, -0.2) is 11.0 Å². The van der Waals surface area contributed by atoms with Gasteiger partial charge in [0.1, 0.15) is 5.82 Å². The van der Waals surface area contributed by atoms with Gasteiger partial charge in [0, 0.05) is 11.7 Å². The second-order valence-electron chi connectivity index (χ2n) is 5.28.